The van der Waals surface area contributed by atoms with Gasteiger partial charge in [0.25, 0.3) is 0 Å². The van der Waals surface area contributed by atoms with E-state index in [9.17, 15) is 10.1 Å². The monoisotopic (exact) mass is 385 g/mol. The second kappa shape index (κ2) is 6.12. The number of nitrogens with one attached hydrogen (secondary N) is 1. The van der Waals surface area contributed by atoms with E-state index in [1.165, 1.54) is 0 Å². The summed E-state index contributed by atoms with van der Waals surface area (Å²) in [6, 6.07) is 11.2. The van der Waals surface area contributed by atoms with Gasteiger partial charge in [-0.25, -0.2) is 4.98 Å². The Bertz CT molecular complexity index is 605. The summed E-state index contributed by atoms with van der Waals surface area (Å²) < 4.78 is 0.725. The molecule has 0 amide bonds. The smallest absolute Gasteiger partial charge is 0.324 e. The molecular formula is C12H9Br2N3O2. The van der Waals surface area contributed by atoms with Crippen LogP contribution < -0.4 is 5.32 Å². The van der Waals surface area contributed by atoms with E-state index in [0.29, 0.717) is 16.8 Å². The molecule has 1 heterocycles. The van der Waals surface area contributed by atoms with Crippen molar-refractivity contribution in [2.75, 3.05) is 5.32 Å². The number of nitro groups is 1. The normalized spacial score (nSPS) is 10.2. The number of hydrogen-bond donors (Lipinski definition) is 1. The summed E-state index contributed by atoms with van der Waals surface area (Å²) in [5, 5.41) is 14.1. The van der Waals surface area contributed by atoms with Crippen molar-refractivity contribution in [3.63, 3.8) is 0 Å². The Labute approximate surface area is 126 Å². The molecule has 0 atom stereocenters. The van der Waals surface area contributed by atoms with Crippen molar-refractivity contribution >= 4 is 43.2 Å². The molecule has 0 saturated heterocycles. The summed E-state index contributed by atoms with van der Waals surface area (Å²) in [5.41, 5.74) is 1.39. The summed E-state index contributed by atoms with van der Waals surface area (Å²) in [6.45, 7) is 0.505. The Morgan fingerprint density at radius 1 is 1.26 bits per heavy atom. The third kappa shape index (κ3) is 3.51. The van der Waals surface area contributed by atoms with Crippen LogP contribution in [0, 0.1) is 10.1 Å². The van der Waals surface area contributed by atoms with Gasteiger partial charge in [0.15, 0.2) is 4.60 Å². The minimum Gasteiger partial charge on any atom is -0.375 e. The zero-order valence-corrected chi connectivity index (χ0v) is 12.8. The average molecular weight is 387 g/mol. The van der Waals surface area contributed by atoms with Crippen LogP contribution in [0.15, 0.2) is 45.6 Å². The topological polar surface area (TPSA) is 68.1 Å². The van der Waals surface area contributed by atoms with Crippen molar-refractivity contribution < 1.29 is 4.92 Å². The molecule has 2 rings (SSSR count). The molecule has 0 saturated carbocycles. The minimum atomic E-state index is -0.461. The zero-order valence-electron chi connectivity index (χ0n) is 9.64. The van der Waals surface area contributed by atoms with Gasteiger partial charge in [-0.05, 0) is 37.4 Å². The van der Waals surface area contributed by atoms with Gasteiger partial charge in [-0.15, -0.1) is 0 Å². The lowest BCUT2D eigenvalue weighted by Gasteiger charge is -2.08. The van der Waals surface area contributed by atoms with Crippen LogP contribution in [0.1, 0.15) is 5.56 Å². The molecule has 0 aliphatic heterocycles. The first-order valence-corrected chi connectivity index (χ1v) is 6.95. The number of aromatic nitrogens is 1. The van der Waals surface area contributed by atoms with Gasteiger partial charge in [-0.2, -0.15) is 0 Å². The van der Waals surface area contributed by atoms with Crippen molar-refractivity contribution in [1.82, 2.24) is 4.98 Å². The average Bonchev–Trinajstić information content (AvgIpc) is 2.36. The van der Waals surface area contributed by atoms with Crippen LogP contribution >= 0.6 is 31.9 Å². The largest absolute Gasteiger partial charge is 0.375 e. The van der Waals surface area contributed by atoms with Gasteiger partial charge in [0.1, 0.15) is 10.3 Å². The van der Waals surface area contributed by atoms with Crippen LogP contribution in [0.2, 0.25) is 0 Å². The second-order valence-corrected chi connectivity index (χ2v) is 5.29. The van der Waals surface area contributed by atoms with E-state index in [2.05, 4.69) is 42.2 Å². The van der Waals surface area contributed by atoms with Crippen LogP contribution in [-0.4, -0.2) is 9.91 Å². The fourth-order valence-electron chi connectivity index (χ4n) is 1.58. The number of halogens is 2. The number of hydrogen-bond acceptors (Lipinski definition) is 4. The van der Waals surface area contributed by atoms with Crippen LogP contribution in [-0.2, 0) is 6.54 Å². The first-order chi connectivity index (χ1) is 9.08. The van der Waals surface area contributed by atoms with E-state index in [1.54, 1.807) is 6.07 Å². The molecule has 0 fully saturated rings. The molecule has 19 heavy (non-hydrogen) atoms. The van der Waals surface area contributed by atoms with Crippen LogP contribution in [0.3, 0.4) is 0 Å². The summed E-state index contributed by atoms with van der Waals surface area (Å²) in [5.74, 6) is 0. The minimum absolute atomic E-state index is 0.0702. The van der Waals surface area contributed by atoms with Gasteiger partial charge in [0, 0.05) is 12.6 Å². The predicted octanol–water partition coefficient (Wildman–Crippen LogP) is 4.13. The van der Waals surface area contributed by atoms with Gasteiger partial charge < -0.3 is 5.32 Å². The molecule has 1 aromatic heterocycles. The van der Waals surface area contributed by atoms with E-state index in [4.69, 9.17) is 0 Å². The molecule has 1 aromatic carbocycles. The molecule has 1 N–H and O–H groups in total. The Morgan fingerprint density at radius 3 is 2.58 bits per heavy atom. The second-order valence-electron chi connectivity index (χ2n) is 3.73. The quantitative estimate of drug-likeness (QED) is 0.487. The van der Waals surface area contributed by atoms with E-state index in [1.807, 2.05) is 30.3 Å². The SMILES string of the molecule is O=[N+]([O-])c1c(NCc2ccccc2)cc(Br)nc1Br. The molecule has 0 spiro atoms. The standard InChI is InChI=1S/C12H9Br2N3O2/c13-10-6-9(11(17(18)19)12(14)16-10)15-7-8-4-2-1-3-5-8/h1-6H,7H2,(H,15,16). The zero-order chi connectivity index (χ0) is 13.8. The number of anilines is 1. The Hall–Kier alpha value is -1.47. The molecule has 0 bridgehead atoms. The van der Waals surface area contributed by atoms with Gasteiger partial charge >= 0.3 is 5.69 Å². The highest BCUT2D eigenvalue weighted by Gasteiger charge is 2.20. The van der Waals surface area contributed by atoms with Crippen LogP contribution in [0.25, 0.3) is 0 Å². The van der Waals surface area contributed by atoms with Gasteiger partial charge in [-0.1, -0.05) is 30.3 Å². The number of nitrogens with zero attached hydrogens (tertiary/aromatic N) is 2. The Kier molecular flexibility index (Phi) is 4.49. The van der Waals surface area contributed by atoms with Crippen molar-refractivity contribution in [2.45, 2.75) is 6.54 Å². The van der Waals surface area contributed by atoms with E-state index >= 15 is 0 Å². The summed E-state index contributed by atoms with van der Waals surface area (Å²) in [6.07, 6.45) is 0. The maximum Gasteiger partial charge on any atom is 0.324 e. The van der Waals surface area contributed by atoms with Crippen LogP contribution in [0.5, 0.6) is 0 Å². The fourth-order valence-corrected chi connectivity index (χ4v) is 2.77. The molecule has 7 heteroatoms. The van der Waals surface area contributed by atoms with Gasteiger partial charge in [-0.3, -0.25) is 10.1 Å². The van der Waals surface area contributed by atoms with Crippen molar-refractivity contribution in [2.24, 2.45) is 0 Å². The number of benzene rings is 1. The predicted molar refractivity (Wildman–Crippen MR) is 80.1 cm³/mol. The molecule has 98 valence electrons. The van der Waals surface area contributed by atoms with Crippen LogP contribution in [0.4, 0.5) is 11.4 Å². The molecular weight excluding hydrogens is 378 g/mol. The van der Waals surface area contributed by atoms with E-state index in [-0.39, 0.29) is 10.3 Å². The Balaban J connectivity index is 2.27. The lowest BCUT2D eigenvalue weighted by Crippen LogP contribution is -2.04. The maximum atomic E-state index is 11.0. The maximum absolute atomic E-state index is 11.0. The molecule has 0 aliphatic carbocycles. The number of pyridine rings is 1. The molecule has 0 aliphatic rings. The third-order valence-corrected chi connectivity index (χ3v) is 3.39. The van der Waals surface area contributed by atoms with E-state index in [0.717, 1.165) is 5.56 Å². The van der Waals surface area contributed by atoms with Gasteiger partial charge in [0.2, 0.25) is 0 Å². The number of rotatable bonds is 4. The fraction of sp³-hybridized carbons (Fsp3) is 0.0833. The molecule has 0 radical (unpaired) electrons. The third-order valence-electron chi connectivity index (χ3n) is 2.43. The highest BCUT2D eigenvalue weighted by molar-refractivity contribution is 9.11. The summed E-state index contributed by atoms with van der Waals surface area (Å²) in [7, 11) is 0. The molecule has 2 aromatic rings. The lowest BCUT2D eigenvalue weighted by atomic mass is 10.2. The molecule has 5 nitrogen and oxygen atoms in total. The summed E-state index contributed by atoms with van der Waals surface area (Å²) in [4.78, 5) is 14.5. The Morgan fingerprint density at radius 2 is 1.95 bits per heavy atom. The van der Waals surface area contributed by atoms with Gasteiger partial charge in [0.05, 0.1) is 4.92 Å². The first kappa shape index (κ1) is 14.0. The van der Waals surface area contributed by atoms with E-state index < -0.39 is 4.92 Å². The van der Waals surface area contributed by atoms with Crippen molar-refractivity contribution in [3.8, 4) is 0 Å². The first-order valence-electron chi connectivity index (χ1n) is 5.36. The highest BCUT2D eigenvalue weighted by atomic mass is 79.9. The molecule has 0 unspecified atom stereocenters. The van der Waals surface area contributed by atoms with Crippen molar-refractivity contribution in [3.05, 3.63) is 61.3 Å². The highest BCUT2D eigenvalue weighted by Crippen LogP contribution is 2.33. The lowest BCUT2D eigenvalue weighted by molar-refractivity contribution is -0.385. The van der Waals surface area contributed by atoms with Crippen molar-refractivity contribution in [1.29, 1.82) is 0 Å². The summed E-state index contributed by atoms with van der Waals surface area (Å²) >= 11 is 6.32.